The van der Waals surface area contributed by atoms with E-state index in [0.29, 0.717) is 44.1 Å². The summed E-state index contributed by atoms with van der Waals surface area (Å²) in [5, 5.41) is 12.7. The average molecular weight is 559 g/mol. The topological polar surface area (TPSA) is 118 Å². The minimum Gasteiger partial charge on any atom is -0.462 e. The highest BCUT2D eigenvalue weighted by atomic mass is 16.6. The Morgan fingerprint density at radius 2 is 1.82 bits per heavy atom. The molecular formula is C31H42O9. The number of carbonyl (C=O) groups is 3. The molecular weight excluding hydrogens is 516 g/mol. The van der Waals surface area contributed by atoms with Gasteiger partial charge in [0, 0.05) is 30.3 Å². The van der Waals surface area contributed by atoms with Gasteiger partial charge in [-0.25, -0.2) is 4.79 Å². The fourth-order valence-electron chi connectivity index (χ4n) is 11.0. The molecule has 7 rings (SSSR count). The zero-order valence-corrected chi connectivity index (χ0v) is 24.4. The highest BCUT2D eigenvalue weighted by Crippen LogP contribution is 2.73. The molecule has 9 heteroatoms. The predicted molar refractivity (Wildman–Crippen MR) is 140 cm³/mol. The van der Waals surface area contributed by atoms with Gasteiger partial charge in [-0.1, -0.05) is 13.8 Å². The van der Waals surface area contributed by atoms with Gasteiger partial charge in [0.2, 0.25) is 0 Å². The first-order chi connectivity index (χ1) is 18.7. The van der Waals surface area contributed by atoms with Crippen LogP contribution in [-0.4, -0.2) is 69.8 Å². The molecule has 3 aliphatic carbocycles. The van der Waals surface area contributed by atoms with Crippen LogP contribution in [0, 0.1) is 29.1 Å². The molecule has 9 nitrogen and oxygen atoms in total. The summed E-state index contributed by atoms with van der Waals surface area (Å²) >= 11 is 0. The second-order valence-corrected chi connectivity index (χ2v) is 14.6. The molecule has 0 aromatic carbocycles. The number of carbonyl (C=O) groups excluding carboxylic acids is 3. The van der Waals surface area contributed by atoms with E-state index < -0.39 is 40.0 Å². The van der Waals surface area contributed by atoms with Crippen molar-refractivity contribution in [1.82, 2.24) is 0 Å². The third-order valence-electron chi connectivity index (χ3n) is 12.5. The van der Waals surface area contributed by atoms with Crippen LogP contribution in [0.4, 0.5) is 0 Å². The molecule has 6 fully saturated rings. The summed E-state index contributed by atoms with van der Waals surface area (Å²) in [5.74, 6) is -1.11. The number of rotatable bonds is 2. The van der Waals surface area contributed by atoms with Gasteiger partial charge in [-0.2, -0.15) is 0 Å². The van der Waals surface area contributed by atoms with E-state index in [-0.39, 0.29) is 60.2 Å². The van der Waals surface area contributed by atoms with Crippen molar-refractivity contribution in [2.24, 2.45) is 29.1 Å². The van der Waals surface area contributed by atoms with Crippen LogP contribution in [0.2, 0.25) is 0 Å². The van der Waals surface area contributed by atoms with Gasteiger partial charge in [-0.3, -0.25) is 9.59 Å². The summed E-state index contributed by atoms with van der Waals surface area (Å²) in [6.07, 6.45) is 3.86. The van der Waals surface area contributed by atoms with Crippen molar-refractivity contribution in [3.05, 3.63) is 11.6 Å². The Balaban J connectivity index is 1.31. The van der Waals surface area contributed by atoms with Crippen LogP contribution < -0.4 is 0 Å². The maximum Gasteiger partial charge on any atom is 0.334 e. The largest absolute Gasteiger partial charge is 0.462 e. The smallest absolute Gasteiger partial charge is 0.334 e. The number of ether oxygens (including phenoxy) is 5. The lowest BCUT2D eigenvalue weighted by molar-refractivity contribution is -0.255. The summed E-state index contributed by atoms with van der Waals surface area (Å²) in [5.41, 5.74) is -3.28. The molecule has 40 heavy (non-hydrogen) atoms. The minimum atomic E-state index is -1.16. The van der Waals surface area contributed by atoms with Gasteiger partial charge >= 0.3 is 17.9 Å². The second-order valence-electron chi connectivity index (χ2n) is 14.6. The molecule has 1 N–H and O–H groups in total. The van der Waals surface area contributed by atoms with Crippen molar-refractivity contribution in [3.63, 3.8) is 0 Å². The molecule has 2 spiro atoms. The van der Waals surface area contributed by atoms with Gasteiger partial charge in [-0.15, -0.1) is 0 Å². The monoisotopic (exact) mass is 558 g/mol. The molecule has 0 amide bonds. The number of aliphatic hydroxyl groups is 1. The number of hydrogen-bond acceptors (Lipinski definition) is 9. The third-order valence-corrected chi connectivity index (χ3v) is 12.5. The Bertz CT molecular complexity index is 1210. The predicted octanol–water partition coefficient (Wildman–Crippen LogP) is 3.39. The van der Waals surface area contributed by atoms with Gasteiger partial charge in [0.15, 0.2) is 0 Å². The summed E-state index contributed by atoms with van der Waals surface area (Å²) in [7, 11) is 0. The normalized spacial score (nSPS) is 53.8. The van der Waals surface area contributed by atoms with E-state index in [1.807, 2.05) is 6.08 Å². The maximum atomic E-state index is 12.7. The van der Waals surface area contributed by atoms with Crippen molar-refractivity contribution < 1.29 is 43.2 Å². The van der Waals surface area contributed by atoms with Crippen LogP contribution in [0.15, 0.2) is 11.6 Å². The maximum absolute atomic E-state index is 12.7. The minimum absolute atomic E-state index is 0.0577. The Morgan fingerprint density at radius 1 is 1.10 bits per heavy atom. The number of esters is 3. The van der Waals surface area contributed by atoms with Crippen molar-refractivity contribution in [3.8, 4) is 0 Å². The van der Waals surface area contributed by atoms with Crippen LogP contribution in [-0.2, 0) is 38.1 Å². The van der Waals surface area contributed by atoms with Crippen LogP contribution in [0.25, 0.3) is 0 Å². The molecule has 0 unspecified atom stereocenters. The molecule has 4 heterocycles. The molecule has 7 aliphatic rings. The zero-order valence-electron chi connectivity index (χ0n) is 24.4. The van der Waals surface area contributed by atoms with E-state index in [0.717, 1.165) is 0 Å². The Hall–Kier alpha value is -1.97. The molecule has 0 aromatic heterocycles. The Labute approximate surface area is 235 Å². The third kappa shape index (κ3) is 3.17. The molecule has 3 saturated carbocycles. The van der Waals surface area contributed by atoms with Gasteiger partial charge in [-0.05, 0) is 76.7 Å². The van der Waals surface area contributed by atoms with E-state index in [1.165, 1.54) is 6.92 Å². The molecule has 4 aliphatic heterocycles. The van der Waals surface area contributed by atoms with Crippen molar-refractivity contribution in [2.75, 3.05) is 0 Å². The first-order valence-corrected chi connectivity index (χ1v) is 15.0. The lowest BCUT2D eigenvalue weighted by Crippen LogP contribution is -2.66. The van der Waals surface area contributed by atoms with Crippen LogP contribution in [0.1, 0.15) is 86.5 Å². The SMILES string of the molecule is CC(=O)O[C@H]1C[C@@H]2[C@H](C)[C@H]([C@@H]3C=C(C)C(=O)O3)O[C@@]23CC[C@]2(O)C[C@]45OC(=O)C[C@H]4OC(C)(C)[C@@H]5CC[C@H]2[C@@]13C. The van der Waals surface area contributed by atoms with Gasteiger partial charge in [0.1, 0.15) is 30.0 Å². The number of fused-ring (bicyclic) bond motifs is 2. The fourth-order valence-corrected chi connectivity index (χ4v) is 11.0. The molecule has 3 saturated heterocycles. The standard InChI is InChI=1S/C31H42O9/c1-15-11-19(37-26(15)34)25-16(2)18-12-22(36-17(3)32)28(6)21-8-7-20-27(4,5)38-23-13-24(33)39-30(20,23)14-29(21,35)9-10-31(18,28)40-25/h11,16,18-23,25,35H,7-10,12-14H2,1-6H3/t16-,18+,19-,20-,21-,22-,23+,25+,28-,29-,30+,31-/m0/s1. The molecule has 12 atom stereocenters. The second kappa shape index (κ2) is 8.10. The van der Waals surface area contributed by atoms with Crippen LogP contribution in [0.3, 0.4) is 0 Å². The lowest BCUT2D eigenvalue weighted by Gasteiger charge is -2.59. The lowest BCUT2D eigenvalue weighted by atomic mass is 9.51. The highest BCUT2D eigenvalue weighted by Gasteiger charge is 2.79. The van der Waals surface area contributed by atoms with E-state index in [9.17, 15) is 19.5 Å². The average Bonchev–Trinajstić information content (AvgIpc) is 3.51. The van der Waals surface area contributed by atoms with Crippen LogP contribution >= 0.6 is 0 Å². The Morgan fingerprint density at radius 3 is 2.50 bits per heavy atom. The van der Waals surface area contributed by atoms with Crippen molar-refractivity contribution in [2.45, 2.75) is 133 Å². The van der Waals surface area contributed by atoms with E-state index in [2.05, 4.69) is 27.7 Å². The summed E-state index contributed by atoms with van der Waals surface area (Å²) in [6, 6.07) is 0. The van der Waals surface area contributed by atoms with Gasteiger partial charge < -0.3 is 28.8 Å². The number of cyclic esters (lactones) is 1. The van der Waals surface area contributed by atoms with Crippen LogP contribution in [0.5, 0.6) is 0 Å². The van der Waals surface area contributed by atoms with Gasteiger partial charge in [0.25, 0.3) is 0 Å². The van der Waals surface area contributed by atoms with Crippen molar-refractivity contribution >= 4 is 17.9 Å². The van der Waals surface area contributed by atoms with E-state index in [4.69, 9.17) is 23.7 Å². The van der Waals surface area contributed by atoms with Crippen molar-refractivity contribution in [1.29, 1.82) is 0 Å². The molecule has 220 valence electrons. The number of hydrogen-bond donors (Lipinski definition) is 1. The summed E-state index contributed by atoms with van der Waals surface area (Å²) < 4.78 is 31.5. The molecule has 0 radical (unpaired) electrons. The highest BCUT2D eigenvalue weighted by molar-refractivity contribution is 5.90. The summed E-state index contributed by atoms with van der Waals surface area (Å²) in [6.45, 7) is 11.6. The molecule has 0 aromatic rings. The first kappa shape index (κ1) is 26.9. The van der Waals surface area contributed by atoms with E-state index in [1.54, 1.807) is 6.92 Å². The summed E-state index contributed by atoms with van der Waals surface area (Å²) in [4.78, 5) is 37.3. The quantitative estimate of drug-likeness (QED) is 0.402. The Kier molecular flexibility index (Phi) is 5.45. The zero-order chi connectivity index (χ0) is 28.6. The van der Waals surface area contributed by atoms with Gasteiger partial charge in [0.05, 0.1) is 23.2 Å². The van der Waals surface area contributed by atoms with E-state index >= 15 is 0 Å². The first-order valence-electron chi connectivity index (χ1n) is 15.0. The molecule has 0 bridgehead atoms. The fraction of sp³-hybridized carbons (Fsp3) is 0.839.